The molecule has 1 aromatic rings. The van der Waals surface area contributed by atoms with E-state index >= 15 is 0 Å². The number of allylic oxidation sites excluding steroid dienone is 1. The fourth-order valence-corrected chi connectivity index (χ4v) is 3.71. The van der Waals surface area contributed by atoms with Crippen LogP contribution < -0.4 is 5.32 Å². The second-order valence-corrected chi connectivity index (χ2v) is 7.52. The maximum atomic E-state index is 13.3. The lowest BCUT2D eigenvalue weighted by Gasteiger charge is -2.20. The van der Waals surface area contributed by atoms with E-state index in [4.69, 9.17) is 9.73 Å². The molecule has 0 amide bonds. The predicted octanol–water partition coefficient (Wildman–Crippen LogP) is 4.82. The second-order valence-electron chi connectivity index (χ2n) is 6.47. The fraction of sp³-hybridized carbons (Fsp3) is 0.526. The van der Waals surface area contributed by atoms with Gasteiger partial charge >= 0.3 is 0 Å². The Labute approximate surface area is 148 Å². The van der Waals surface area contributed by atoms with Crippen LogP contribution in [0.2, 0.25) is 0 Å². The highest BCUT2D eigenvalue weighted by molar-refractivity contribution is 8.14. The first-order valence-electron chi connectivity index (χ1n) is 8.38. The Bertz CT molecular complexity index is 617. The van der Waals surface area contributed by atoms with Crippen molar-refractivity contribution in [1.29, 1.82) is 0 Å². The number of anilines is 1. The lowest BCUT2D eigenvalue weighted by Crippen LogP contribution is -2.26. The van der Waals surface area contributed by atoms with Gasteiger partial charge < -0.3 is 10.1 Å². The van der Waals surface area contributed by atoms with Gasteiger partial charge in [-0.05, 0) is 51.8 Å². The average Bonchev–Trinajstić information content (AvgIpc) is 2.91. The van der Waals surface area contributed by atoms with Crippen LogP contribution in [0.3, 0.4) is 0 Å². The number of halogens is 1. The summed E-state index contributed by atoms with van der Waals surface area (Å²) in [6.45, 7) is 9.52. The summed E-state index contributed by atoms with van der Waals surface area (Å²) in [6.07, 6.45) is 5.05. The molecule has 2 rings (SSSR count). The summed E-state index contributed by atoms with van der Waals surface area (Å²) in [5.41, 5.74) is 1.83. The quantitative estimate of drug-likeness (QED) is 0.682. The van der Waals surface area contributed by atoms with E-state index in [1.54, 1.807) is 23.9 Å². The summed E-state index contributed by atoms with van der Waals surface area (Å²) >= 11 is 1.77. The molecule has 0 radical (unpaired) electrons. The minimum atomic E-state index is -0.210. The van der Waals surface area contributed by atoms with Crippen LogP contribution in [-0.2, 0) is 4.74 Å². The number of benzene rings is 1. The number of nitrogens with one attached hydrogen (secondary N) is 1. The number of aryl methyl sites for hydroxylation is 1. The van der Waals surface area contributed by atoms with Crippen molar-refractivity contribution >= 4 is 22.5 Å². The largest absolute Gasteiger partial charge is 0.385 e. The fourth-order valence-electron chi connectivity index (χ4n) is 2.59. The van der Waals surface area contributed by atoms with Gasteiger partial charge in [-0.25, -0.2) is 4.39 Å². The topological polar surface area (TPSA) is 33.6 Å². The highest BCUT2D eigenvalue weighted by Gasteiger charge is 2.30. The highest BCUT2D eigenvalue weighted by Crippen LogP contribution is 2.31. The number of nitrogens with zero attached hydrogens (tertiary/aromatic N) is 1. The Morgan fingerprint density at radius 3 is 3.04 bits per heavy atom. The first-order chi connectivity index (χ1) is 11.4. The van der Waals surface area contributed by atoms with Crippen LogP contribution in [0, 0.1) is 12.7 Å². The molecule has 5 heteroatoms. The van der Waals surface area contributed by atoms with Gasteiger partial charge in [-0.3, -0.25) is 4.99 Å². The molecule has 0 bridgehead atoms. The SMILES string of the molecule is C/C=C\C(C)OCC1=NC(C)(CCNc2cc(F)ccc2C)CS1. The molecule has 0 fully saturated rings. The van der Waals surface area contributed by atoms with Crippen LogP contribution in [0.15, 0.2) is 35.3 Å². The summed E-state index contributed by atoms with van der Waals surface area (Å²) in [7, 11) is 0. The monoisotopic (exact) mass is 350 g/mol. The average molecular weight is 351 g/mol. The number of ether oxygens (including phenoxy) is 1. The number of hydrogen-bond donors (Lipinski definition) is 1. The number of thioether (sulfide) groups is 1. The van der Waals surface area contributed by atoms with E-state index < -0.39 is 0 Å². The van der Waals surface area contributed by atoms with Gasteiger partial charge in [-0.2, -0.15) is 0 Å². The van der Waals surface area contributed by atoms with Crippen molar-refractivity contribution in [3.8, 4) is 0 Å². The molecular formula is C19H27FN2OS. The number of hydrogen-bond acceptors (Lipinski definition) is 4. The Morgan fingerprint density at radius 2 is 2.29 bits per heavy atom. The third kappa shape index (κ3) is 5.64. The normalized spacial score (nSPS) is 22.0. The van der Waals surface area contributed by atoms with E-state index in [0.29, 0.717) is 6.61 Å². The van der Waals surface area contributed by atoms with Crippen molar-refractivity contribution in [2.45, 2.75) is 45.8 Å². The molecule has 2 unspecified atom stereocenters. The molecule has 0 aromatic heterocycles. The van der Waals surface area contributed by atoms with Gasteiger partial charge in [0.05, 0.1) is 23.3 Å². The lowest BCUT2D eigenvalue weighted by molar-refractivity contribution is 0.132. The van der Waals surface area contributed by atoms with E-state index in [-0.39, 0.29) is 17.5 Å². The Balaban J connectivity index is 1.82. The van der Waals surface area contributed by atoms with Crippen LogP contribution in [0.5, 0.6) is 0 Å². The smallest absolute Gasteiger partial charge is 0.125 e. The third-order valence-corrected chi connectivity index (χ3v) is 5.36. The Morgan fingerprint density at radius 1 is 1.50 bits per heavy atom. The molecule has 0 saturated heterocycles. The molecule has 1 aliphatic rings. The van der Waals surface area contributed by atoms with Crippen LogP contribution in [0.4, 0.5) is 10.1 Å². The summed E-state index contributed by atoms with van der Waals surface area (Å²) in [6, 6.07) is 4.83. The van der Waals surface area contributed by atoms with E-state index in [0.717, 1.165) is 35.0 Å². The molecule has 0 spiro atoms. The van der Waals surface area contributed by atoms with E-state index in [1.165, 1.54) is 6.07 Å². The molecule has 2 atom stereocenters. The first-order valence-corrected chi connectivity index (χ1v) is 9.36. The third-order valence-electron chi connectivity index (χ3n) is 4.06. The first kappa shape index (κ1) is 19.0. The zero-order valence-electron chi connectivity index (χ0n) is 14.9. The molecule has 24 heavy (non-hydrogen) atoms. The zero-order valence-corrected chi connectivity index (χ0v) is 15.8. The van der Waals surface area contributed by atoms with Crippen molar-refractivity contribution < 1.29 is 9.13 Å². The second kappa shape index (κ2) is 8.67. The van der Waals surface area contributed by atoms with Crippen molar-refractivity contribution in [3.63, 3.8) is 0 Å². The predicted molar refractivity (Wildman–Crippen MR) is 103 cm³/mol. The maximum absolute atomic E-state index is 13.3. The van der Waals surface area contributed by atoms with Gasteiger partial charge in [-0.1, -0.05) is 18.2 Å². The van der Waals surface area contributed by atoms with E-state index in [2.05, 4.69) is 12.2 Å². The van der Waals surface area contributed by atoms with Gasteiger partial charge in [0.15, 0.2) is 0 Å². The summed E-state index contributed by atoms with van der Waals surface area (Å²) in [5, 5.41) is 4.39. The van der Waals surface area contributed by atoms with Gasteiger partial charge in [0, 0.05) is 18.0 Å². The minimum Gasteiger partial charge on any atom is -0.385 e. The van der Waals surface area contributed by atoms with Gasteiger partial charge in [0.2, 0.25) is 0 Å². The summed E-state index contributed by atoms with van der Waals surface area (Å²) in [4.78, 5) is 4.84. The Kier molecular flexibility index (Phi) is 6.87. The van der Waals surface area contributed by atoms with E-state index in [1.807, 2.05) is 32.9 Å². The summed E-state index contributed by atoms with van der Waals surface area (Å²) in [5.74, 6) is 0.756. The molecule has 1 aromatic carbocycles. The standard InChI is InChI=1S/C19H27FN2OS/c1-5-6-15(3)23-12-18-22-19(4,13-24-18)9-10-21-17-11-16(20)8-7-14(17)2/h5-8,11,15,21H,9-10,12-13H2,1-4H3/b6-5-. The van der Waals surface area contributed by atoms with Crippen LogP contribution in [0.1, 0.15) is 32.8 Å². The highest BCUT2D eigenvalue weighted by atomic mass is 32.2. The van der Waals surface area contributed by atoms with Crippen molar-refractivity contribution in [1.82, 2.24) is 0 Å². The van der Waals surface area contributed by atoms with Crippen molar-refractivity contribution in [3.05, 3.63) is 41.7 Å². The molecule has 1 aliphatic heterocycles. The number of rotatable bonds is 8. The van der Waals surface area contributed by atoms with Gasteiger partial charge in [-0.15, -0.1) is 11.8 Å². The van der Waals surface area contributed by atoms with E-state index in [9.17, 15) is 4.39 Å². The zero-order chi connectivity index (χ0) is 17.6. The van der Waals surface area contributed by atoms with Gasteiger partial charge in [0.25, 0.3) is 0 Å². The number of aliphatic imine (C=N–C) groups is 1. The lowest BCUT2D eigenvalue weighted by atomic mass is 10.0. The molecule has 1 N–H and O–H groups in total. The van der Waals surface area contributed by atoms with Crippen molar-refractivity contribution in [2.24, 2.45) is 4.99 Å². The maximum Gasteiger partial charge on any atom is 0.125 e. The molecule has 0 saturated carbocycles. The Hall–Kier alpha value is -1.33. The minimum absolute atomic E-state index is 0.0819. The molecule has 3 nitrogen and oxygen atoms in total. The summed E-state index contributed by atoms with van der Waals surface area (Å²) < 4.78 is 19.1. The molecule has 0 aliphatic carbocycles. The molecule has 132 valence electrons. The van der Waals surface area contributed by atoms with Crippen LogP contribution >= 0.6 is 11.8 Å². The van der Waals surface area contributed by atoms with Crippen LogP contribution in [0.25, 0.3) is 0 Å². The van der Waals surface area contributed by atoms with Crippen molar-refractivity contribution in [2.75, 3.05) is 24.2 Å². The van der Waals surface area contributed by atoms with Gasteiger partial charge in [0.1, 0.15) is 5.82 Å². The molecule has 1 heterocycles. The van der Waals surface area contributed by atoms with Crippen LogP contribution in [-0.4, -0.2) is 35.6 Å². The molecular weight excluding hydrogens is 323 g/mol.